The Morgan fingerprint density at radius 3 is 3.06 bits per heavy atom. The van der Waals surface area contributed by atoms with Gasteiger partial charge in [0.05, 0.1) is 0 Å². The first-order valence-electron chi connectivity index (χ1n) is 5.59. The Bertz CT molecular complexity index is 639. The van der Waals surface area contributed by atoms with Gasteiger partial charge in [0.2, 0.25) is 0 Å². The van der Waals surface area contributed by atoms with Crippen LogP contribution in [0.2, 0.25) is 0 Å². The molecule has 0 unspecified atom stereocenters. The molecule has 3 rings (SSSR count). The van der Waals surface area contributed by atoms with E-state index in [1.165, 1.54) is 0 Å². The summed E-state index contributed by atoms with van der Waals surface area (Å²) in [6, 6.07) is 8.13. The molecule has 2 aromatic heterocycles. The minimum atomic E-state index is 0.549. The van der Waals surface area contributed by atoms with Crippen molar-refractivity contribution in [1.29, 1.82) is 0 Å². The zero-order valence-electron chi connectivity index (χ0n) is 9.31. The molecule has 0 aliphatic heterocycles. The highest BCUT2D eigenvalue weighted by atomic mass is 16.3. The number of aromatic nitrogens is 2. The maximum absolute atomic E-state index is 5.47. The van der Waals surface area contributed by atoms with Crippen LogP contribution in [0, 0.1) is 0 Å². The number of H-pyrrole nitrogens is 1. The molecule has 0 atom stereocenters. The lowest BCUT2D eigenvalue weighted by Crippen LogP contribution is -2.02. The van der Waals surface area contributed by atoms with Crippen molar-refractivity contribution >= 4 is 10.9 Å². The molecule has 0 radical (unpaired) electrons. The van der Waals surface area contributed by atoms with Gasteiger partial charge in [-0.15, -0.1) is 0 Å². The molecule has 0 spiro atoms. The van der Waals surface area contributed by atoms with Gasteiger partial charge < -0.3 is 15.1 Å². The Hall–Kier alpha value is -2.07. The van der Waals surface area contributed by atoms with E-state index in [-0.39, 0.29) is 0 Å². The van der Waals surface area contributed by atoms with Crippen molar-refractivity contribution in [3.8, 4) is 11.3 Å². The van der Waals surface area contributed by atoms with E-state index < -0.39 is 0 Å². The van der Waals surface area contributed by atoms with Crippen LogP contribution in [0.3, 0.4) is 0 Å². The summed E-state index contributed by atoms with van der Waals surface area (Å²) in [5.74, 6) is 0.688. The van der Waals surface area contributed by atoms with Gasteiger partial charge in [-0.1, -0.05) is 18.2 Å². The molecular formula is C13H13N3O. The Labute approximate surface area is 98.5 Å². The Balaban J connectivity index is 2.07. The number of aromatic amines is 1. The molecule has 0 saturated heterocycles. The predicted octanol–water partition coefficient (Wildman–Crippen LogP) is 2.32. The molecule has 0 amide bonds. The van der Waals surface area contributed by atoms with E-state index in [4.69, 9.17) is 10.2 Å². The van der Waals surface area contributed by atoms with Gasteiger partial charge in [-0.05, 0) is 6.07 Å². The molecule has 4 heteroatoms. The summed E-state index contributed by atoms with van der Waals surface area (Å²) >= 11 is 0. The first-order chi connectivity index (χ1) is 8.38. The number of hydrogen-bond acceptors (Lipinski definition) is 3. The fourth-order valence-electron chi connectivity index (χ4n) is 1.96. The molecule has 0 bridgehead atoms. The maximum Gasteiger partial charge on any atom is 0.195 e. The lowest BCUT2D eigenvalue weighted by molar-refractivity contribution is 0.496. The van der Waals surface area contributed by atoms with Gasteiger partial charge in [-0.3, -0.25) is 0 Å². The van der Waals surface area contributed by atoms with E-state index in [0.29, 0.717) is 18.9 Å². The number of nitrogens with two attached hydrogens (primary N) is 1. The summed E-state index contributed by atoms with van der Waals surface area (Å²) in [6.45, 7) is 0.549. The molecule has 17 heavy (non-hydrogen) atoms. The fraction of sp³-hybridized carbons (Fsp3) is 0.154. The highest BCUT2D eigenvalue weighted by Gasteiger charge is 2.10. The minimum absolute atomic E-state index is 0.549. The van der Waals surface area contributed by atoms with Crippen LogP contribution in [0.25, 0.3) is 22.2 Å². The van der Waals surface area contributed by atoms with E-state index in [1.807, 2.05) is 24.4 Å². The quantitative estimate of drug-likeness (QED) is 0.721. The molecule has 0 aliphatic rings. The van der Waals surface area contributed by atoms with E-state index >= 15 is 0 Å². The van der Waals surface area contributed by atoms with E-state index in [0.717, 1.165) is 22.2 Å². The predicted molar refractivity (Wildman–Crippen MR) is 66.6 cm³/mol. The normalized spacial score (nSPS) is 11.1. The van der Waals surface area contributed by atoms with Crippen molar-refractivity contribution < 1.29 is 4.42 Å². The number of nitrogens with one attached hydrogen (secondary N) is 1. The molecule has 1 aromatic carbocycles. The van der Waals surface area contributed by atoms with Crippen LogP contribution in [-0.4, -0.2) is 16.5 Å². The number of fused-ring (bicyclic) bond motifs is 1. The smallest absolute Gasteiger partial charge is 0.195 e. The third-order valence-corrected chi connectivity index (χ3v) is 2.78. The van der Waals surface area contributed by atoms with Gasteiger partial charge in [-0.2, -0.15) is 0 Å². The number of hydrogen-bond donors (Lipinski definition) is 2. The van der Waals surface area contributed by atoms with Crippen molar-refractivity contribution in [2.45, 2.75) is 6.42 Å². The third-order valence-electron chi connectivity index (χ3n) is 2.78. The molecule has 0 aliphatic carbocycles. The Morgan fingerprint density at radius 1 is 1.29 bits per heavy atom. The SMILES string of the molecule is NCCc1nc(-c2c[nH]c3ccccc23)co1. The summed E-state index contributed by atoms with van der Waals surface area (Å²) in [7, 11) is 0. The van der Waals surface area contributed by atoms with Crippen molar-refractivity contribution in [1.82, 2.24) is 9.97 Å². The molecule has 4 nitrogen and oxygen atoms in total. The average molecular weight is 227 g/mol. The fourth-order valence-corrected chi connectivity index (χ4v) is 1.96. The summed E-state index contributed by atoms with van der Waals surface area (Å²) in [6.07, 6.45) is 4.30. The van der Waals surface area contributed by atoms with Crippen molar-refractivity contribution in [3.63, 3.8) is 0 Å². The summed E-state index contributed by atoms with van der Waals surface area (Å²) < 4.78 is 5.37. The van der Waals surface area contributed by atoms with E-state index in [9.17, 15) is 0 Å². The summed E-state index contributed by atoms with van der Waals surface area (Å²) in [5, 5.41) is 1.15. The van der Waals surface area contributed by atoms with Crippen LogP contribution in [0.15, 0.2) is 41.1 Å². The van der Waals surface area contributed by atoms with E-state index in [2.05, 4.69) is 16.0 Å². The second-order valence-corrected chi connectivity index (χ2v) is 3.91. The molecular weight excluding hydrogens is 214 g/mol. The van der Waals surface area contributed by atoms with Crippen LogP contribution in [0.5, 0.6) is 0 Å². The van der Waals surface area contributed by atoms with Gasteiger partial charge in [-0.25, -0.2) is 4.98 Å². The number of rotatable bonds is 3. The van der Waals surface area contributed by atoms with Gasteiger partial charge in [0.1, 0.15) is 12.0 Å². The summed E-state index contributed by atoms with van der Waals surface area (Å²) in [4.78, 5) is 7.65. The van der Waals surface area contributed by atoms with Crippen LogP contribution in [0.1, 0.15) is 5.89 Å². The minimum Gasteiger partial charge on any atom is -0.448 e. The van der Waals surface area contributed by atoms with Crippen LogP contribution in [0.4, 0.5) is 0 Å². The lowest BCUT2D eigenvalue weighted by Gasteiger charge is -1.92. The Kier molecular flexibility index (Phi) is 2.42. The van der Waals surface area contributed by atoms with Crippen LogP contribution in [-0.2, 0) is 6.42 Å². The number of oxazole rings is 1. The van der Waals surface area contributed by atoms with Gasteiger partial charge in [0.25, 0.3) is 0 Å². The first kappa shape index (κ1) is 10.1. The molecule has 86 valence electrons. The second kappa shape index (κ2) is 4.07. The zero-order chi connectivity index (χ0) is 11.7. The highest BCUT2D eigenvalue weighted by Crippen LogP contribution is 2.27. The maximum atomic E-state index is 5.47. The summed E-state index contributed by atoms with van der Waals surface area (Å²) in [5.41, 5.74) is 8.49. The van der Waals surface area contributed by atoms with Gasteiger partial charge >= 0.3 is 0 Å². The van der Waals surface area contributed by atoms with Crippen molar-refractivity contribution in [2.75, 3.05) is 6.54 Å². The largest absolute Gasteiger partial charge is 0.448 e. The monoisotopic (exact) mass is 227 g/mol. The van der Waals surface area contributed by atoms with Crippen LogP contribution < -0.4 is 5.73 Å². The van der Waals surface area contributed by atoms with Crippen molar-refractivity contribution in [3.05, 3.63) is 42.6 Å². The molecule has 3 N–H and O–H groups in total. The second-order valence-electron chi connectivity index (χ2n) is 3.91. The number of para-hydroxylation sites is 1. The molecule has 0 saturated carbocycles. The Morgan fingerprint density at radius 2 is 2.18 bits per heavy atom. The number of benzene rings is 1. The first-order valence-corrected chi connectivity index (χ1v) is 5.59. The number of nitrogens with zero attached hydrogens (tertiary/aromatic N) is 1. The molecule has 3 aromatic rings. The molecule has 0 fully saturated rings. The van der Waals surface area contributed by atoms with Gasteiger partial charge in [0.15, 0.2) is 5.89 Å². The zero-order valence-corrected chi connectivity index (χ0v) is 9.31. The lowest BCUT2D eigenvalue weighted by atomic mass is 10.1. The van der Waals surface area contributed by atoms with E-state index in [1.54, 1.807) is 6.26 Å². The topological polar surface area (TPSA) is 67.8 Å². The average Bonchev–Trinajstić information content (AvgIpc) is 2.95. The highest BCUT2D eigenvalue weighted by molar-refractivity contribution is 5.94. The van der Waals surface area contributed by atoms with Crippen LogP contribution >= 0.6 is 0 Å². The van der Waals surface area contributed by atoms with Crippen molar-refractivity contribution in [2.24, 2.45) is 5.73 Å². The van der Waals surface area contributed by atoms with Gasteiger partial charge in [0, 0.05) is 35.6 Å². The molecule has 2 heterocycles. The standard InChI is InChI=1S/C13H13N3O/c14-6-5-13-16-12(8-17-13)10-7-15-11-4-2-1-3-9(10)11/h1-4,7-8,15H,5-6,14H2. The third kappa shape index (κ3) is 1.72.